The van der Waals surface area contributed by atoms with Crippen molar-refractivity contribution in [1.29, 1.82) is 0 Å². The Bertz CT molecular complexity index is 1010. The summed E-state index contributed by atoms with van der Waals surface area (Å²) in [7, 11) is -2.89. The van der Waals surface area contributed by atoms with Crippen LogP contribution in [0.15, 0.2) is 41.3 Å². The molecule has 0 radical (unpaired) electrons. The van der Waals surface area contributed by atoms with Crippen LogP contribution in [0.3, 0.4) is 0 Å². The minimum atomic E-state index is -4.80. The lowest BCUT2D eigenvalue weighted by atomic mass is 9.97. The number of nitro groups is 1. The lowest BCUT2D eigenvalue weighted by Gasteiger charge is -2.17. The minimum absolute atomic E-state index is 0.0890. The molecule has 0 fully saturated rings. The highest BCUT2D eigenvalue weighted by Gasteiger charge is 2.32. The van der Waals surface area contributed by atoms with Crippen LogP contribution in [0.5, 0.6) is 0 Å². The Morgan fingerprint density at radius 1 is 1.21 bits per heavy atom. The average molecular weight is 421 g/mol. The molecule has 0 unspecified atom stereocenters. The highest BCUT2D eigenvalue weighted by molar-refractivity contribution is 7.89. The van der Waals surface area contributed by atoms with Gasteiger partial charge in [-0.1, -0.05) is 0 Å². The summed E-state index contributed by atoms with van der Waals surface area (Å²) in [4.78, 5) is 9.90. The smallest absolute Gasteiger partial charge is 0.324 e. The molecule has 0 aliphatic heterocycles. The zero-order valence-electron chi connectivity index (χ0n) is 14.3. The number of sulfonamides is 1. The summed E-state index contributed by atoms with van der Waals surface area (Å²) >= 11 is 0. The van der Waals surface area contributed by atoms with Crippen molar-refractivity contribution in [3.05, 3.63) is 69.0 Å². The summed E-state index contributed by atoms with van der Waals surface area (Å²) in [6.07, 6.45) is -5.18. The number of benzene rings is 2. The molecule has 2 aromatic carbocycles. The molecule has 152 valence electrons. The first-order valence-corrected chi connectivity index (χ1v) is 9.17. The molecule has 0 aliphatic carbocycles. The van der Waals surface area contributed by atoms with E-state index < -0.39 is 44.2 Å². The number of nitrogens with two attached hydrogens (primary N) is 1. The van der Waals surface area contributed by atoms with E-state index in [1.54, 1.807) is 0 Å². The van der Waals surface area contributed by atoms with E-state index in [-0.39, 0.29) is 22.4 Å². The predicted molar refractivity (Wildman–Crippen MR) is 91.4 cm³/mol. The first-order chi connectivity index (χ1) is 12.8. The third kappa shape index (κ3) is 4.82. The lowest BCUT2D eigenvalue weighted by molar-refractivity contribution is -0.385. The van der Waals surface area contributed by atoms with Crippen LogP contribution >= 0.6 is 0 Å². The fraction of sp³-hybridized carbons (Fsp3) is 0.250. The van der Waals surface area contributed by atoms with Crippen molar-refractivity contribution in [2.75, 3.05) is 7.05 Å². The maximum absolute atomic E-state index is 13.6. The second kappa shape index (κ2) is 7.81. The molecular formula is C16H15F4N3O4S. The van der Waals surface area contributed by atoms with Crippen molar-refractivity contribution < 1.29 is 30.9 Å². The van der Waals surface area contributed by atoms with Gasteiger partial charge in [-0.15, -0.1) is 0 Å². The van der Waals surface area contributed by atoms with E-state index in [0.717, 1.165) is 31.3 Å². The van der Waals surface area contributed by atoms with Crippen molar-refractivity contribution in [3.8, 4) is 0 Å². The Balaban J connectivity index is 2.51. The van der Waals surface area contributed by atoms with Crippen LogP contribution in [0.25, 0.3) is 0 Å². The topological polar surface area (TPSA) is 115 Å². The van der Waals surface area contributed by atoms with Crippen molar-refractivity contribution >= 4 is 15.7 Å². The maximum atomic E-state index is 13.6. The van der Waals surface area contributed by atoms with Crippen LogP contribution in [0.1, 0.15) is 22.7 Å². The van der Waals surface area contributed by atoms with Gasteiger partial charge in [-0.25, -0.2) is 17.5 Å². The van der Waals surface area contributed by atoms with Gasteiger partial charge in [-0.05, 0) is 48.9 Å². The molecule has 0 saturated heterocycles. The molecule has 3 N–H and O–H groups in total. The van der Waals surface area contributed by atoms with Crippen molar-refractivity contribution in [2.24, 2.45) is 5.73 Å². The molecule has 0 saturated carbocycles. The van der Waals surface area contributed by atoms with E-state index in [9.17, 15) is 36.1 Å². The molecular weight excluding hydrogens is 406 g/mol. The number of alkyl halides is 3. The number of hydrogen-bond donors (Lipinski definition) is 2. The van der Waals surface area contributed by atoms with Crippen LogP contribution in [0.4, 0.5) is 23.2 Å². The average Bonchev–Trinajstić information content (AvgIpc) is 2.60. The number of nitrogens with zero attached hydrogens (tertiary/aromatic N) is 1. The molecule has 0 heterocycles. The van der Waals surface area contributed by atoms with Gasteiger partial charge < -0.3 is 5.73 Å². The molecule has 0 bridgehead atoms. The maximum Gasteiger partial charge on any atom is 0.416 e. The minimum Gasteiger partial charge on any atom is -0.324 e. The molecule has 28 heavy (non-hydrogen) atoms. The second-order valence-corrected chi connectivity index (χ2v) is 7.69. The number of halogens is 4. The van der Waals surface area contributed by atoms with Gasteiger partial charge in [0.2, 0.25) is 10.0 Å². The highest BCUT2D eigenvalue weighted by atomic mass is 32.2. The van der Waals surface area contributed by atoms with E-state index in [2.05, 4.69) is 4.72 Å². The molecule has 2 aromatic rings. The summed E-state index contributed by atoms with van der Waals surface area (Å²) in [5, 5.41) is 11.0. The van der Waals surface area contributed by atoms with Crippen LogP contribution in [0, 0.1) is 15.9 Å². The molecule has 0 spiro atoms. The summed E-state index contributed by atoms with van der Waals surface area (Å²) in [5.41, 5.74) is 3.88. The number of nitro benzene ring substituents is 1. The Labute approximate surface area is 157 Å². The van der Waals surface area contributed by atoms with Crippen molar-refractivity contribution in [3.63, 3.8) is 0 Å². The molecule has 0 amide bonds. The highest BCUT2D eigenvalue weighted by Crippen LogP contribution is 2.32. The third-order valence-electron chi connectivity index (χ3n) is 3.93. The zero-order valence-corrected chi connectivity index (χ0v) is 15.1. The van der Waals surface area contributed by atoms with E-state index in [1.165, 1.54) is 0 Å². The molecule has 0 aliphatic rings. The quantitative estimate of drug-likeness (QED) is 0.423. The van der Waals surface area contributed by atoms with Crippen molar-refractivity contribution in [2.45, 2.75) is 23.5 Å². The number of rotatable bonds is 6. The van der Waals surface area contributed by atoms with Gasteiger partial charge in [0, 0.05) is 18.2 Å². The lowest BCUT2D eigenvalue weighted by Crippen LogP contribution is -2.22. The van der Waals surface area contributed by atoms with Gasteiger partial charge in [0.25, 0.3) is 5.69 Å². The van der Waals surface area contributed by atoms with Gasteiger partial charge >= 0.3 is 6.18 Å². The second-order valence-electron chi connectivity index (χ2n) is 5.84. The van der Waals surface area contributed by atoms with Crippen LogP contribution in [-0.4, -0.2) is 20.4 Å². The van der Waals surface area contributed by atoms with Crippen LogP contribution < -0.4 is 10.5 Å². The summed E-state index contributed by atoms with van der Waals surface area (Å²) in [6, 6.07) is 3.45. The fourth-order valence-corrected chi connectivity index (χ4v) is 3.51. The number of nitrogens with one attached hydrogen (secondary N) is 1. The first kappa shape index (κ1) is 21.7. The molecule has 1 atom stereocenters. The van der Waals surface area contributed by atoms with Gasteiger partial charge in [0.1, 0.15) is 5.82 Å². The van der Waals surface area contributed by atoms with Crippen molar-refractivity contribution in [1.82, 2.24) is 4.72 Å². The van der Waals surface area contributed by atoms with E-state index in [4.69, 9.17) is 5.73 Å². The van der Waals surface area contributed by atoms with Gasteiger partial charge in [-0.3, -0.25) is 10.1 Å². The predicted octanol–water partition coefficient (Wildman–Crippen LogP) is 2.90. The van der Waals surface area contributed by atoms with E-state index in [0.29, 0.717) is 12.1 Å². The summed E-state index contributed by atoms with van der Waals surface area (Å²) < 4.78 is 78.5. The van der Waals surface area contributed by atoms with Crippen LogP contribution in [-0.2, 0) is 22.6 Å². The number of non-ortho nitro benzene ring substituents is 1. The Morgan fingerprint density at radius 2 is 1.86 bits per heavy atom. The molecule has 0 aromatic heterocycles. The standard InChI is InChI=1S/C16H15F4N3O4S/c1-22-28(26,27)15-3-2-13(23(24)25)6-10(15)7-14(21)9-4-11(16(18,19)20)8-12(17)5-9/h2-6,8,14,22H,7,21H2,1H3/t14-/m0/s1. The van der Waals surface area contributed by atoms with E-state index >= 15 is 0 Å². The molecule has 2 rings (SSSR count). The Morgan fingerprint density at radius 3 is 2.39 bits per heavy atom. The summed E-state index contributed by atoms with van der Waals surface area (Å²) in [6.45, 7) is 0. The number of hydrogen-bond acceptors (Lipinski definition) is 5. The van der Waals surface area contributed by atoms with E-state index in [1.807, 2.05) is 0 Å². The summed E-state index contributed by atoms with van der Waals surface area (Å²) in [5.74, 6) is -1.16. The Kier molecular flexibility index (Phi) is 6.06. The zero-order chi connectivity index (χ0) is 21.3. The monoisotopic (exact) mass is 421 g/mol. The molecule has 12 heteroatoms. The Hall–Kier alpha value is -2.57. The van der Waals surface area contributed by atoms with Gasteiger partial charge in [0.05, 0.1) is 15.4 Å². The van der Waals surface area contributed by atoms with Gasteiger partial charge in [0.15, 0.2) is 0 Å². The normalized spacial score (nSPS) is 13.4. The fourth-order valence-electron chi connectivity index (χ4n) is 2.56. The largest absolute Gasteiger partial charge is 0.416 e. The van der Waals surface area contributed by atoms with Crippen LogP contribution in [0.2, 0.25) is 0 Å². The SMILES string of the molecule is CNS(=O)(=O)c1ccc([N+](=O)[O-])cc1C[C@H](N)c1cc(F)cc(C(F)(F)F)c1. The third-order valence-corrected chi connectivity index (χ3v) is 5.44. The molecule has 7 nitrogen and oxygen atoms in total. The van der Waals surface area contributed by atoms with Gasteiger partial charge in [-0.2, -0.15) is 13.2 Å². The first-order valence-electron chi connectivity index (χ1n) is 7.69.